The van der Waals surface area contributed by atoms with Crippen molar-refractivity contribution in [2.45, 2.75) is 0 Å². The minimum Gasteiger partial charge on any atom is -0.275 e. The van der Waals surface area contributed by atoms with Gasteiger partial charge in [0.25, 0.3) is 5.91 Å². The molecule has 0 aliphatic carbocycles. The number of carbonyl (C=O) groups is 1. The molecule has 1 amide bonds. The summed E-state index contributed by atoms with van der Waals surface area (Å²) in [5.41, 5.74) is 3.65. The summed E-state index contributed by atoms with van der Waals surface area (Å²) >= 11 is 3.36. The van der Waals surface area contributed by atoms with E-state index in [1.54, 1.807) is 30.2 Å². The monoisotopic (exact) mass is 306 g/mol. The Morgan fingerprint density at radius 3 is 3.00 bits per heavy atom. The second-order valence-electron chi connectivity index (χ2n) is 3.63. The van der Waals surface area contributed by atoms with E-state index in [0.29, 0.717) is 5.69 Å². The minimum absolute atomic E-state index is 0.332. The third-order valence-corrected chi connectivity index (χ3v) is 2.67. The number of aryl methyl sites for hydroxylation is 1. The lowest BCUT2D eigenvalue weighted by Crippen LogP contribution is -2.18. The normalized spacial score (nSPS) is 10.8. The molecule has 0 saturated heterocycles. The highest BCUT2D eigenvalue weighted by atomic mass is 79.9. The Kier molecular flexibility index (Phi) is 3.88. The third-order valence-electron chi connectivity index (χ3n) is 2.17. The van der Waals surface area contributed by atoms with E-state index in [9.17, 15) is 4.79 Å². The molecule has 5 nitrogen and oxygen atoms in total. The highest BCUT2D eigenvalue weighted by molar-refractivity contribution is 9.10. The summed E-state index contributed by atoms with van der Waals surface area (Å²) in [4.78, 5) is 11.6. The van der Waals surface area contributed by atoms with E-state index < -0.39 is 0 Å². The number of halogens is 1. The topological polar surface area (TPSA) is 59.3 Å². The zero-order chi connectivity index (χ0) is 13.0. The van der Waals surface area contributed by atoms with Crippen LogP contribution in [0.4, 0.5) is 0 Å². The number of nitrogens with zero attached hydrogens (tertiary/aromatic N) is 3. The Morgan fingerprint density at radius 1 is 1.50 bits per heavy atom. The average molecular weight is 307 g/mol. The van der Waals surface area contributed by atoms with Gasteiger partial charge in [-0.2, -0.15) is 10.2 Å². The maximum atomic E-state index is 11.6. The quantitative estimate of drug-likeness (QED) is 0.696. The molecule has 0 fully saturated rings. The highest BCUT2D eigenvalue weighted by Gasteiger charge is 2.06. The van der Waals surface area contributed by atoms with Crippen LogP contribution in [0.25, 0.3) is 0 Å². The van der Waals surface area contributed by atoms with Crippen LogP contribution in [0.2, 0.25) is 0 Å². The fourth-order valence-electron chi connectivity index (χ4n) is 1.35. The molecule has 0 bridgehead atoms. The smallest absolute Gasteiger partial charge is 0.275 e. The van der Waals surface area contributed by atoms with Gasteiger partial charge in [0.05, 0.1) is 6.21 Å². The van der Waals surface area contributed by atoms with Crippen LogP contribution in [0.1, 0.15) is 16.1 Å². The Hall–Kier alpha value is -1.95. The number of hydrazone groups is 1. The van der Waals surface area contributed by atoms with Crippen LogP contribution in [-0.4, -0.2) is 21.9 Å². The van der Waals surface area contributed by atoms with Crippen molar-refractivity contribution in [3.63, 3.8) is 0 Å². The summed E-state index contributed by atoms with van der Waals surface area (Å²) in [5, 5.41) is 7.85. The number of aromatic nitrogens is 2. The third kappa shape index (κ3) is 3.27. The van der Waals surface area contributed by atoms with Gasteiger partial charge in [0.1, 0.15) is 0 Å². The van der Waals surface area contributed by atoms with Gasteiger partial charge < -0.3 is 0 Å². The summed E-state index contributed by atoms with van der Waals surface area (Å²) in [6.07, 6.45) is 3.28. The summed E-state index contributed by atoms with van der Waals surface area (Å²) in [7, 11) is 1.75. The lowest BCUT2D eigenvalue weighted by Gasteiger charge is -1.96. The Balaban J connectivity index is 1.97. The lowest BCUT2D eigenvalue weighted by molar-refractivity contribution is 0.0949. The predicted octanol–water partition coefficient (Wildman–Crippen LogP) is 1.95. The molecule has 0 unspecified atom stereocenters. The van der Waals surface area contributed by atoms with Crippen LogP contribution >= 0.6 is 15.9 Å². The number of carbonyl (C=O) groups excluding carboxylic acids is 1. The largest absolute Gasteiger partial charge is 0.291 e. The maximum Gasteiger partial charge on any atom is 0.291 e. The number of rotatable bonds is 3. The Morgan fingerprint density at radius 2 is 2.33 bits per heavy atom. The van der Waals surface area contributed by atoms with Gasteiger partial charge in [-0.25, -0.2) is 5.43 Å². The zero-order valence-corrected chi connectivity index (χ0v) is 11.3. The SMILES string of the molecule is Cn1ccc(C(=O)N/N=C/c2cccc(Br)c2)n1. The molecule has 2 rings (SSSR count). The number of benzene rings is 1. The average Bonchev–Trinajstić information content (AvgIpc) is 2.76. The van der Waals surface area contributed by atoms with Crippen molar-refractivity contribution in [1.29, 1.82) is 0 Å². The maximum absolute atomic E-state index is 11.6. The molecule has 0 radical (unpaired) electrons. The van der Waals surface area contributed by atoms with Gasteiger partial charge in [0.2, 0.25) is 0 Å². The summed E-state index contributed by atoms with van der Waals surface area (Å²) in [6.45, 7) is 0. The summed E-state index contributed by atoms with van der Waals surface area (Å²) < 4.78 is 2.52. The van der Waals surface area contributed by atoms with Crippen molar-refractivity contribution < 1.29 is 4.79 Å². The van der Waals surface area contributed by atoms with Crippen molar-refractivity contribution in [3.8, 4) is 0 Å². The van der Waals surface area contributed by atoms with Crippen LogP contribution in [-0.2, 0) is 7.05 Å². The minimum atomic E-state index is -0.332. The molecule has 0 aliphatic rings. The first-order chi connectivity index (χ1) is 8.65. The molecule has 0 atom stereocenters. The molecule has 18 heavy (non-hydrogen) atoms. The van der Waals surface area contributed by atoms with Crippen molar-refractivity contribution in [3.05, 3.63) is 52.3 Å². The molecule has 1 aromatic heterocycles. The van der Waals surface area contributed by atoms with Crippen LogP contribution < -0.4 is 5.43 Å². The van der Waals surface area contributed by atoms with Gasteiger partial charge in [0, 0.05) is 17.7 Å². The molecule has 6 heteroatoms. The molecule has 2 aromatic rings. The molecule has 1 aromatic carbocycles. The van der Waals surface area contributed by atoms with Crippen molar-refractivity contribution in [1.82, 2.24) is 15.2 Å². The summed E-state index contributed by atoms with van der Waals surface area (Å²) in [6, 6.07) is 9.23. The number of nitrogens with one attached hydrogen (secondary N) is 1. The van der Waals surface area contributed by atoms with Crippen molar-refractivity contribution in [2.75, 3.05) is 0 Å². The molecular formula is C12H11BrN4O. The fourth-order valence-corrected chi connectivity index (χ4v) is 1.76. The van der Waals surface area contributed by atoms with Gasteiger partial charge in [-0.05, 0) is 23.8 Å². The van der Waals surface area contributed by atoms with Gasteiger partial charge >= 0.3 is 0 Å². The first-order valence-corrected chi connectivity index (χ1v) is 6.03. The van der Waals surface area contributed by atoms with Crippen LogP contribution in [0, 0.1) is 0 Å². The fraction of sp³-hybridized carbons (Fsp3) is 0.0833. The molecular weight excluding hydrogens is 296 g/mol. The van der Waals surface area contributed by atoms with E-state index in [1.165, 1.54) is 0 Å². The van der Waals surface area contributed by atoms with E-state index in [0.717, 1.165) is 10.0 Å². The van der Waals surface area contributed by atoms with E-state index in [4.69, 9.17) is 0 Å². The second kappa shape index (κ2) is 5.59. The standard InChI is InChI=1S/C12H11BrN4O/c1-17-6-5-11(16-17)12(18)15-14-8-9-3-2-4-10(13)7-9/h2-8H,1H3,(H,15,18)/b14-8+. The molecule has 1 heterocycles. The Bertz CT molecular complexity index is 591. The van der Waals surface area contributed by atoms with E-state index in [-0.39, 0.29) is 5.91 Å². The van der Waals surface area contributed by atoms with Crippen LogP contribution in [0.3, 0.4) is 0 Å². The zero-order valence-electron chi connectivity index (χ0n) is 9.67. The molecule has 0 aliphatic heterocycles. The predicted molar refractivity (Wildman–Crippen MR) is 72.4 cm³/mol. The van der Waals surface area contributed by atoms with Gasteiger partial charge in [0.15, 0.2) is 5.69 Å². The molecule has 1 N–H and O–H groups in total. The highest BCUT2D eigenvalue weighted by Crippen LogP contribution is 2.09. The first-order valence-electron chi connectivity index (χ1n) is 5.24. The van der Waals surface area contributed by atoms with E-state index >= 15 is 0 Å². The second-order valence-corrected chi connectivity index (χ2v) is 4.54. The molecule has 0 spiro atoms. The lowest BCUT2D eigenvalue weighted by atomic mass is 10.2. The molecule has 92 valence electrons. The van der Waals surface area contributed by atoms with Gasteiger partial charge in [-0.1, -0.05) is 28.1 Å². The van der Waals surface area contributed by atoms with Crippen molar-refractivity contribution >= 4 is 28.1 Å². The van der Waals surface area contributed by atoms with Crippen LogP contribution in [0.15, 0.2) is 46.1 Å². The van der Waals surface area contributed by atoms with Gasteiger partial charge in [-0.15, -0.1) is 0 Å². The number of hydrogen-bond donors (Lipinski definition) is 1. The van der Waals surface area contributed by atoms with Gasteiger partial charge in [-0.3, -0.25) is 9.48 Å². The Labute approximate surface area is 113 Å². The number of hydrogen-bond acceptors (Lipinski definition) is 3. The molecule has 0 saturated carbocycles. The van der Waals surface area contributed by atoms with E-state index in [2.05, 4.69) is 31.6 Å². The first kappa shape index (κ1) is 12.5. The van der Waals surface area contributed by atoms with E-state index in [1.807, 2.05) is 24.3 Å². The van der Waals surface area contributed by atoms with Crippen molar-refractivity contribution in [2.24, 2.45) is 12.1 Å². The van der Waals surface area contributed by atoms with Crippen LogP contribution in [0.5, 0.6) is 0 Å². The summed E-state index contributed by atoms with van der Waals surface area (Å²) in [5.74, 6) is -0.332. The number of amides is 1.